The molecule has 2 aromatic rings. The van der Waals surface area contributed by atoms with Crippen LogP contribution in [-0.4, -0.2) is 58.7 Å². The zero-order valence-electron chi connectivity index (χ0n) is 22.1. The van der Waals surface area contributed by atoms with Gasteiger partial charge in [-0.05, 0) is 94.2 Å². The van der Waals surface area contributed by atoms with Gasteiger partial charge in [0, 0.05) is 37.3 Å². The fourth-order valence-electron chi connectivity index (χ4n) is 5.35. The van der Waals surface area contributed by atoms with Crippen molar-refractivity contribution in [3.8, 4) is 5.75 Å². The Labute approximate surface area is 214 Å². The molecule has 6 nitrogen and oxygen atoms in total. The first-order valence-corrected chi connectivity index (χ1v) is 13.0. The first-order chi connectivity index (χ1) is 17.1. The lowest BCUT2D eigenvalue weighted by Crippen LogP contribution is -2.46. The molecule has 2 amide bonds. The second-order valence-electron chi connectivity index (χ2n) is 10.9. The molecule has 1 fully saturated rings. The SMILES string of the molecule is CCN(CC)C(=O)c1ccc(C2=CC3(CCN(C(=O)OC(C)(C)C)CC3)Cc3cccc(O)c32)cc1. The van der Waals surface area contributed by atoms with E-state index in [0.29, 0.717) is 31.7 Å². The van der Waals surface area contributed by atoms with E-state index in [-0.39, 0.29) is 23.2 Å². The van der Waals surface area contributed by atoms with Gasteiger partial charge in [-0.15, -0.1) is 0 Å². The smallest absolute Gasteiger partial charge is 0.410 e. The van der Waals surface area contributed by atoms with Gasteiger partial charge in [-0.3, -0.25) is 4.79 Å². The minimum atomic E-state index is -0.514. The Kier molecular flexibility index (Phi) is 7.17. The number of piperidine rings is 1. The summed E-state index contributed by atoms with van der Waals surface area (Å²) in [4.78, 5) is 29.0. The number of ether oxygens (including phenoxy) is 1. The number of phenols is 1. The predicted molar refractivity (Wildman–Crippen MR) is 142 cm³/mol. The molecule has 0 bridgehead atoms. The van der Waals surface area contributed by atoms with Crippen LogP contribution in [0.3, 0.4) is 0 Å². The number of nitrogens with zero attached hydrogens (tertiary/aromatic N) is 2. The van der Waals surface area contributed by atoms with E-state index in [4.69, 9.17) is 4.74 Å². The molecule has 1 aliphatic carbocycles. The van der Waals surface area contributed by atoms with Crippen LogP contribution in [0.1, 0.15) is 74.5 Å². The van der Waals surface area contributed by atoms with Crippen molar-refractivity contribution in [2.24, 2.45) is 5.41 Å². The normalized spacial score (nSPS) is 16.8. The number of aromatic hydroxyl groups is 1. The molecular weight excluding hydrogens is 452 g/mol. The van der Waals surface area contributed by atoms with E-state index in [1.54, 1.807) is 11.0 Å². The lowest BCUT2D eigenvalue weighted by Gasteiger charge is -2.43. The lowest BCUT2D eigenvalue weighted by atomic mass is 9.67. The maximum absolute atomic E-state index is 12.8. The third kappa shape index (κ3) is 5.28. The van der Waals surface area contributed by atoms with Gasteiger partial charge in [0.1, 0.15) is 11.4 Å². The van der Waals surface area contributed by atoms with Crippen molar-refractivity contribution in [3.63, 3.8) is 0 Å². The second-order valence-corrected chi connectivity index (χ2v) is 10.9. The van der Waals surface area contributed by atoms with Gasteiger partial charge in [0.2, 0.25) is 0 Å². The number of rotatable bonds is 4. The Hall–Kier alpha value is -3.28. The zero-order chi connectivity index (χ0) is 26.1. The van der Waals surface area contributed by atoms with Crippen molar-refractivity contribution in [2.75, 3.05) is 26.2 Å². The zero-order valence-corrected chi connectivity index (χ0v) is 22.1. The van der Waals surface area contributed by atoms with Crippen LogP contribution in [0.4, 0.5) is 4.79 Å². The summed E-state index contributed by atoms with van der Waals surface area (Å²) in [6, 6.07) is 13.4. The fraction of sp³-hybridized carbons (Fsp3) is 0.467. The molecule has 1 aliphatic heterocycles. The summed E-state index contributed by atoms with van der Waals surface area (Å²) in [6.45, 7) is 12.2. The molecule has 4 rings (SSSR count). The van der Waals surface area contributed by atoms with E-state index in [9.17, 15) is 14.7 Å². The number of phenolic OH excluding ortho intramolecular Hbond substituents is 1. The molecule has 2 aromatic carbocycles. The maximum atomic E-state index is 12.8. The molecule has 0 saturated carbocycles. The Morgan fingerprint density at radius 1 is 1.03 bits per heavy atom. The van der Waals surface area contributed by atoms with Crippen LogP contribution in [0, 0.1) is 5.41 Å². The van der Waals surface area contributed by atoms with Gasteiger partial charge in [-0.1, -0.05) is 30.3 Å². The quantitative estimate of drug-likeness (QED) is 0.581. The summed E-state index contributed by atoms with van der Waals surface area (Å²) in [7, 11) is 0. The third-order valence-electron chi connectivity index (χ3n) is 7.30. The Morgan fingerprint density at radius 2 is 1.67 bits per heavy atom. The number of fused-ring (bicyclic) bond motifs is 1. The van der Waals surface area contributed by atoms with Crippen molar-refractivity contribution < 1.29 is 19.4 Å². The van der Waals surface area contributed by atoms with Crippen LogP contribution >= 0.6 is 0 Å². The molecule has 2 aliphatic rings. The van der Waals surface area contributed by atoms with E-state index < -0.39 is 5.60 Å². The summed E-state index contributed by atoms with van der Waals surface area (Å²) >= 11 is 0. The largest absolute Gasteiger partial charge is 0.507 e. The molecule has 192 valence electrons. The van der Waals surface area contributed by atoms with Gasteiger partial charge in [0.15, 0.2) is 0 Å². The van der Waals surface area contributed by atoms with E-state index in [2.05, 4.69) is 12.1 Å². The van der Waals surface area contributed by atoms with E-state index in [0.717, 1.165) is 41.5 Å². The van der Waals surface area contributed by atoms with Crippen LogP contribution in [0.5, 0.6) is 5.75 Å². The van der Waals surface area contributed by atoms with Crippen molar-refractivity contribution in [1.82, 2.24) is 9.80 Å². The average Bonchev–Trinajstić information content (AvgIpc) is 2.84. The van der Waals surface area contributed by atoms with Gasteiger partial charge >= 0.3 is 6.09 Å². The van der Waals surface area contributed by atoms with Crippen LogP contribution < -0.4 is 0 Å². The molecule has 36 heavy (non-hydrogen) atoms. The Bertz CT molecular complexity index is 1150. The first kappa shape index (κ1) is 25.8. The van der Waals surface area contributed by atoms with E-state index in [1.807, 2.05) is 69.9 Å². The summed E-state index contributed by atoms with van der Waals surface area (Å²) in [5.74, 6) is 0.293. The van der Waals surface area contributed by atoms with Crippen LogP contribution in [-0.2, 0) is 11.2 Å². The van der Waals surface area contributed by atoms with E-state index >= 15 is 0 Å². The molecule has 0 atom stereocenters. The van der Waals surface area contributed by atoms with Gasteiger partial charge in [0.25, 0.3) is 5.91 Å². The molecule has 1 spiro atoms. The number of carbonyl (C=O) groups is 2. The van der Waals surface area contributed by atoms with Gasteiger partial charge < -0.3 is 19.6 Å². The molecular formula is C30H38N2O4. The van der Waals surface area contributed by atoms with Crippen molar-refractivity contribution in [1.29, 1.82) is 0 Å². The molecule has 1 N–H and O–H groups in total. The van der Waals surface area contributed by atoms with Crippen LogP contribution in [0.25, 0.3) is 5.57 Å². The number of benzene rings is 2. The highest BCUT2D eigenvalue weighted by molar-refractivity contribution is 5.95. The number of likely N-dealkylation sites (tertiary alicyclic amines) is 1. The summed E-state index contributed by atoms with van der Waals surface area (Å²) in [5.41, 5.74) is 3.98. The number of allylic oxidation sites excluding steroid dienone is 1. The summed E-state index contributed by atoms with van der Waals surface area (Å²) in [6.07, 6.45) is 4.50. The molecule has 0 radical (unpaired) electrons. The van der Waals surface area contributed by atoms with Gasteiger partial charge in [0.05, 0.1) is 0 Å². The molecule has 0 aromatic heterocycles. The molecule has 1 heterocycles. The van der Waals surface area contributed by atoms with E-state index in [1.165, 1.54) is 0 Å². The highest BCUT2D eigenvalue weighted by Crippen LogP contribution is 2.48. The van der Waals surface area contributed by atoms with Crippen LogP contribution in [0.15, 0.2) is 48.5 Å². The van der Waals surface area contributed by atoms with Crippen molar-refractivity contribution >= 4 is 17.6 Å². The number of hydrogen-bond acceptors (Lipinski definition) is 4. The fourth-order valence-corrected chi connectivity index (χ4v) is 5.35. The maximum Gasteiger partial charge on any atom is 0.410 e. The Morgan fingerprint density at radius 3 is 2.25 bits per heavy atom. The first-order valence-electron chi connectivity index (χ1n) is 13.0. The standard InChI is InChI=1S/C30H38N2O4/c1-6-31(7-2)27(34)22-13-11-21(12-14-22)24-20-30(19-23-9-8-10-25(33)26(23)24)15-17-32(18-16-30)28(35)36-29(3,4)5/h8-14,20,33H,6-7,15-19H2,1-5H3. The number of carbonyl (C=O) groups excluding carboxylic acids is 2. The Balaban J connectivity index is 1.64. The summed E-state index contributed by atoms with van der Waals surface area (Å²) < 4.78 is 5.59. The average molecular weight is 491 g/mol. The summed E-state index contributed by atoms with van der Waals surface area (Å²) in [5, 5.41) is 10.8. The van der Waals surface area contributed by atoms with Gasteiger partial charge in [-0.2, -0.15) is 0 Å². The van der Waals surface area contributed by atoms with Crippen LogP contribution in [0.2, 0.25) is 0 Å². The highest BCUT2D eigenvalue weighted by atomic mass is 16.6. The molecule has 6 heteroatoms. The van der Waals surface area contributed by atoms with Gasteiger partial charge in [-0.25, -0.2) is 4.79 Å². The topological polar surface area (TPSA) is 70.1 Å². The minimum absolute atomic E-state index is 0.0263. The molecule has 0 unspecified atom stereocenters. The second kappa shape index (κ2) is 10.00. The van der Waals surface area contributed by atoms with Crippen molar-refractivity contribution in [2.45, 2.75) is 59.5 Å². The highest BCUT2D eigenvalue weighted by Gasteiger charge is 2.39. The number of hydrogen-bond donors (Lipinski definition) is 1. The third-order valence-corrected chi connectivity index (χ3v) is 7.30. The van der Waals surface area contributed by atoms with Crippen molar-refractivity contribution in [3.05, 3.63) is 70.8 Å². The number of amides is 2. The lowest BCUT2D eigenvalue weighted by molar-refractivity contribution is 0.0143. The predicted octanol–water partition coefficient (Wildman–Crippen LogP) is 5.88. The molecule has 1 saturated heterocycles. The monoisotopic (exact) mass is 490 g/mol. The minimum Gasteiger partial charge on any atom is -0.507 e.